The molecule has 0 aliphatic heterocycles. The number of methoxy groups -OCH3 is 1. The van der Waals surface area contributed by atoms with E-state index in [0.717, 1.165) is 28.7 Å². The fourth-order valence-electron chi connectivity index (χ4n) is 3.16. The van der Waals surface area contributed by atoms with E-state index >= 15 is 0 Å². The summed E-state index contributed by atoms with van der Waals surface area (Å²) in [4.78, 5) is 9.24. The number of ether oxygens (including phenoxy) is 1. The summed E-state index contributed by atoms with van der Waals surface area (Å²) in [5.41, 5.74) is 1.80. The summed E-state index contributed by atoms with van der Waals surface area (Å²) in [6, 6.07) is 4.25. The summed E-state index contributed by atoms with van der Waals surface area (Å²) < 4.78 is 7.50. The highest BCUT2D eigenvalue weighted by molar-refractivity contribution is 7.99. The summed E-state index contributed by atoms with van der Waals surface area (Å²) in [5.74, 6) is 1.96. The lowest BCUT2D eigenvalue weighted by Crippen LogP contribution is -2.22. The second kappa shape index (κ2) is 6.44. The minimum atomic E-state index is 0.416. The van der Waals surface area contributed by atoms with Gasteiger partial charge >= 0.3 is 0 Å². The highest BCUT2D eigenvalue weighted by Gasteiger charge is 2.26. The molecule has 4 nitrogen and oxygen atoms in total. The van der Waals surface area contributed by atoms with Crippen LogP contribution in [0.2, 0.25) is 0 Å². The minimum Gasteiger partial charge on any atom is -0.481 e. The molecule has 1 aliphatic rings. The summed E-state index contributed by atoms with van der Waals surface area (Å²) in [6.07, 6.45) is 7.09. The quantitative estimate of drug-likeness (QED) is 0.796. The van der Waals surface area contributed by atoms with Gasteiger partial charge < -0.3 is 9.30 Å². The molecule has 0 radical (unpaired) electrons. The van der Waals surface area contributed by atoms with Crippen molar-refractivity contribution in [3.8, 4) is 5.88 Å². The Hall–Kier alpha value is -0.940. The van der Waals surface area contributed by atoms with Gasteiger partial charge in [0.05, 0.1) is 13.0 Å². The normalized spacial score (nSPS) is 22.6. The van der Waals surface area contributed by atoms with Gasteiger partial charge in [0.1, 0.15) is 11.3 Å². The molecular weight excluding hydrogens is 306 g/mol. The van der Waals surface area contributed by atoms with Gasteiger partial charge in [-0.3, -0.25) is 0 Å². The van der Waals surface area contributed by atoms with E-state index in [4.69, 9.17) is 16.3 Å². The standard InChI is InChI=1S/C15H20ClN3OS/c1-20-14-7-6-12-15(18-14)19(13(9-16)17-12)10-4-3-5-11(8-10)21-2/h6-7,10-11H,3-5,8-9H2,1-2H3. The SMILES string of the molecule is COc1ccc2nc(CCl)n(C3CCCC(SC)C3)c2n1. The molecule has 2 heterocycles. The third-order valence-corrected chi connectivity index (χ3v) is 5.54. The van der Waals surface area contributed by atoms with Crippen molar-refractivity contribution in [1.29, 1.82) is 0 Å². The van der Waals surface area contributed by atoms with Crippen LogP contribution in [-0.2, 0) is 5.88 Å². The second-order valence-corrected chi connectivity index (χ2v) is 6.81. The minimum absolute atomic E-state index is 0.416. The molecule has 1 aliphatic carbocycles. The summed E-state index contributed by atoms with van der Waals surface area (Å²) in [5, 5.41) is 0.718. The number of hydrogen-bond acceptors (Lipinski definition) is 4. The first-order valence-electron chi connectivity index (χ1n) is 7.27. The zero-order valence-electron chi connectivity index (χ0n) is 12.4. The van der Waals surface area contributed by atoms with Crippen molar-refractivity contribution in [2.45, 2.75) is 42.9 Å². The monoisotopic (exact) mass is 325 g/mol. The molecule has 1 saturated carbocycles. The maximum Gasteiger partial charge on any atom is 0.215 e. The van der Waals surface area contributed by atoms with Gasteiger partial charge in [-0.2, -0.15) is 16.7 Å². The molecule has 0 aromatic carbocycles. The number of aromatic nitrogens is 3. The first-order chi connectivity index (χ1) is 10.3. The molecule has 0 saturated heterocycles. The van der Waals surface area contributed by atoms with Crippen LogP contribution in [0, 0.1) is 0 Å². The van der Waals surface area contributed by atoms with Gasteiger partial charge in [-0.05, 0) is 31.6 Å². The maximum atomic E-state index is 6.12. The van der Waals surface area contributed by atoms with E-state index in [9.17, 15) is 0 Å². The molecule has 6 heteroatoms. The summed E-state index contributed by atoms with van der Waals surface area (Å²) >= 11 is 8.08. The number of nitrogens with zero attached hydrogens (tertiary/aromatic N) is 3. The van der Waals surface area contributed by atoms with E-state index in [2.05, 4.69) is 20.8 Å². The zero-order chi connectivity index (χ0) is 14.8. The van der Waals surface area contributed by atoms with Crippen LogP contribution in [0.15, 0.2) is 12.1 Å². The van der Waals surface area contributed by atoms with Crippen molar-refractivity contribution in [1.82, 2.24) is 14.5 Å². The van der Waals surface area contributed by atoms with Crippen molar-refractivity contribution in [3.05, 3.63) is 18.0 Å². The van der Waals surface area contributed by atoms with Gasteiger partial charge in [0.2, 0.25) is 5.88 Å². The molecular formula is C15H20ClN3OS. The van der Waals surface area contributed by atoms with Crippen LogP contribution < -0.4 is 4.74 Å². The third kappa shape index (κ3) is 2.86. The Labute approximate surface area is 134 Å². The van der Waals surface area contributed by atoms with Gasteiger partial charge in [-0.25, -0.2) is 4.98 Å². The van der Waals surface area contributed by atoms with Crippen molar-refractivity contribution in [2.24, 2.45) is 0 Å². The van der Waals surface area contributed by atoms with Crippen LogP contribution in [0.5, 0.6) is 5.88 Å². The highest BCUT2D eigenvalue weighted by Crippen LogP contribution is 2.36. The Morgan fingerprint density at radius 1 is 1.38 bits per heavy atom. The summed E-state index contributed by atoms with van der Waals surface area (Å²) in [6.45, 7) is 0. The lowest BCUT2D eigenvalue weighted by Gasteiger charge is -2.30. The topological polar surface area (TPSA) is 39.9 Å². The molecule has 0 spiro atoms. The van der Waals surface area contributed by atoms with Gasteiger partial charge in [-0.15, -0.1) is 11.6 Å². The molecule has 1 fully saturated rings. The molecule has 3 rings (SSSR count). The van der Waals surface area contributed by atoms with Crippen molar-refractivity contribution in [2.75, 3.05) is 13.4 Å². The average molecular weight is 326 g/mol. The molecule has 0 bridgehead atoms. The first kappa shape index (κ1) is 15.0. The van der Waals surface area contributed by atoms with E-state index in [1.807, 2.05) is 23.9 Å². The smallest absolute Gasteiger partial charge is 0.215 e. The number of imidazole rings is 1. The molecule has 0 amide bonds. The number of pyridine rings is 1. The van der Waals surface area contributed by atoms with Crippen LogP contribution in [-0.4, -0.2) is 33.2 Å². The molecule has 2 aromatic heterocycles. The number of thioether (sulfide) groups is 1. The predicted octanol–water partition coefficient (Wildman–Crippen LogP) is 4.03. The van der Waals surface area contributed by atoms with Crippen molar-refractivity contribution < 1.29 is 4.74 Å². The first-order valence-corrected chi connectivity index (χ1v) is 9.09. The Morgan fingerprint density at radius 3 is 2.95 bits per heavy atom. The number of hydrogen-bond donors (Lipinski definition) is 0. The maximum absolute atomic E-state index is 6.12. The average Bonchev–Trinajstić information content (AvgIpc) is 2.92. The van der Waals surface area contributed by atoms with Crippen LogP contribution in [0.25, 0.3) is 11.2 Å². The Bertz CT molecular complexity index is 631. The van der Waals surface area contributed by atoms with Gasteiger partial charge in [0.15, 0.2) is 5.65 Å². The molecule has 114 valence electrons. The van der Waals surface area contributed by atoms with Crippen LogP contribution in [0.4, 0.5) is 0 Å². The van der Waals surface area contributed by atoms with E-state index in [1.165, 1.54) is 19.3 Å². The van der Waals surface area contributed by atoms with Crippen molar-refractivity contribution in [3.63, 3.8) is 0 Å². The molecule has 2 atom stereocenters. The largest absolute Gasteiger partial charge is 0.481 e. The highest BCUT2D eigenvalue weighted by atomic mass is 35.5. The van der Waals surface area contributed by atoms with E-state index in [-0.39, 0.29) is 0 Å². The van der Waals surface area contributed by atoms with Crippen LogP contribution >= 0.6 is 23.4 Å². The van der Waals surface area contributed by atoms with Crippen molar-refractivity contribution >= 4 is 34.5 Å². The molecule has 2 unspecified atom stereocenters. The van der Waals surface area contributed by atoms with E-state index < -0.39 is 0 Å². The fraction of sp³-hybridized carbons (Fsp3) is 0.600. The lowest BCUT2D eigenvalue weighted by atomic mass is 9.94. The Balaban J connectivity index is 2.06. The summed E-state index contributed by atoms with van der Waals surface area (Å²) in [7, 11) is 1.64. The Morgan fingerprint density at radius 2 is 2.24 bits per heavy atom. The third-order valence-electron chi connectivity index (χ3n) is 4.21. The van der Waals surface area contributed by atoms with Gasteiger partial charge in [-0.1, -0.05) is 6.42 Å². The molecule has 2 aromatic rings. The second-order valence-electron chi connectivity index (χ2n) is 5.41. The van der Waals surface area contributed by atoms with Crippen LogP contribution in [0.3, 0.4) is 0 Å². The molecule has 21 heavy (non-hydrogen) atoms. The van der Waals surface area contributed by atoms with E-state index in [0.29, 0.717) is 17.8 Å². The van der Waals surface area contributed by atoms with E-state index in [1.54, 1.807) is 7.11 Å². The lowest BCUT2D eigenvalue weighted by molar-refractivity contribution is 0.359. The number of fused-ring (bicyclic) bond motifs is 1. The van der Waals surface area contributed by atoms with Gasteiger partial charge in [0, 0.05) is 17.4 Å². The predicted molar refractivity (Wildman–Crippen MR) is 88.4 cm³/mol. The number of halogens is 1. The van der Waals surface area contributed by atoms with Crippen LogP contribution in [0.1, 0.15) is 37.5 Å². The molecule has 0 N–H and O–H groups in total. The number of alkyl halides is 1. The fourth-order valence-corrected chi connectivity index (χ4v) is 4.17. The zero-order valence-corrected chi connectivity index (χ0v) is 14.0. The van der Waals surface area contributed by atoms with Gasteiger partial charge in [0.25, 0.3) is 0 Å². The number of rotatable bonds is 4. The Kier molecular flexibility index (Phi) is 4.60.